The summed E-state index contributed by atoms with van der Waals surface area (Å²) in [5, 5.41) is 6.47. The predicted octanol–water partition coefficient (Wildman–Crippen LogP) is 3.41. The zero-order chi connectivity index (χ0) is 13.8. The first kappa shape index (κ1) is 13.6. The maximum absolute atomic E-state index is 3.75. The molecule has 0 spiro atoms. The molecule has 0 unspecified atom stereocenters. The van der Waals surface area contributed by atoms with Crippen molar-refractivity contribution in [3.63, 3.8) is 0 Å². The second kappa shape index (κ2) is 6.38. The minimum Gasteiger partial charge on any atom is -0.310 e. The molecule has 0 bridgehead atoms. The van der Waals surface area contributed by atoms with Crippen molar-refractivity contribution in [2.75, 3.05) is 19.6 Å². The molecule has 1 aliphatic rings. The van der Waals surface area contributed by atoms with Crippen LogP contribution in [0.3, 0.4) is 0 Å². The molecule has 2 nitrogen and oxygen atoms in total. The molecule has 0 aromatic heterocycles. The van der Waals surface area contributed by atoms with Gasteiger partial charge in [0.25, 0.3) is 0 Å². The number of nitrogens with zero attached hydrogens (tertiary/aromatic N) is 1. The number of nitrogens with one attached hydrogen (secondary N) is 1. The summed E-state index contributed by atoms with van der Waals surface area (Å²) in [4.78, 5) is 2.54. The van der Waals surface area contributed by atoms with Crippen molar-refractivity contribution < 1.29 is 0 Å². The summed E-state index contributed by atoms with van der Waals surface area (Å²) in [5.74, 6) is 0. The van der Waals surface area contributed by atoms with Gasteiger partial charge in [0.1, 0.15) is 0 Å². The van der Waals surface area contributed by atoms with Crippen LogP contribution in [0.1, 0.15) is 25.3 Å². The lowest BCUT2D eigenvalue weighted by molar-refractivity contribution is 0.206. The van der Waals surface area contributed by atoms with E-state index < -0.39 is 0 Å². The first-order chi connectivity index (χ1) is 9.86. The van der Waals surface area contributed by atoms with Gasteiger partial charge in [0.05, 0.1) is 0 Å². The van der Waals surface area contributed by atoms with E-state index in [1.165, 1.54) is 48.8 Å². The van der Waals surface area contributed by atoms with E-state index >= 15 is 0 Å². The molecule has 0 aliphatic carbocycles. The van der Waals surface area contributed by atoms with Crippen molar-refractivity contribution in [1.29, 1.82) is 0 Å². The molecule has 1 aliphatic heterocycles. The number of fused-ring (bicyclic) bond motifs is 1. The van der Waals surface area contributed by atoms with Crippen LogP contribution < -0.4 is 5.32 Å². The van der Waals surface area contributed by atoms with Gasteiger partial charge in [-0.15, -0.1) is 0 Å². The van der Waals surface area contributed by atoms with Crippen LogP contribution in [0.5, 0.6) is 0 Å². The average molecular weight is 268 g/mol. The van der Waals surface area contributed by atoms with Crippen LogP contribution in [0.2, 0.25) is 0 Å². The standard InChI is InChI=1S/C18H24N2/c1-2-20-12-10-17(11-13-20)19-14-16-8-5-7-15-6-3-4-9-18(15)16/h3-9,17,19H,2,10-14H2,1H3. The highest BCUT2D eigenvalue weighted by Crippen LogP contribution is 2.19. The topological polar surface area (TPSA) is 15.3 Å². The molecule has 106 valence electrons. The van der Waals surface area contributed by atoms with Crippen LogP contribution in [0.15, 0.2) is 42.5 Å². The number of piperidine rings is 1. The summed E-state index contributed by atoms with van der Waals surface area (Å²) < 4.78 is 0. The van der Waals surface area contributed by atoms with E-state index in [0.29, 0.717) is 6.04 Å². The quantitative estimate of drug-likeness (QED) is 0.914. The van der Waals surface area contributed by atoms with Crippen LogP contribution in [-0.2, 0) is 6.54 Å². The molecule has 1 N–H and O–H groups in total. The van der Waals surface area contributed by atoms with E-state index in [0.717, 1.165) is 6.54 Å². The minimum absolute atomic E-state index is 0.678. The van der Waals surface area contributed by atoms with Crippen molar-refractivity contribution in [3.8, 4) is 0 Å². The second-order valence-corrected chi connectivity index (χ2v) is 5.73. The fourth-order valence-corrected chi connectivity index (χ4v) is 3.15. The largest absolute Gasteiger partial charge is 0.310 e. The summed E-state index contributed by atoms with van der Waals surface area (Å²) in [6, 6.07) is 15.9. The SMILES string of the molecule is CCN1CCC(NCc2cccc3ccccc23)CC1. The van der Waals surface area contributed by atoms with Crippen LogP contribution in [-0.4, -0.2) is 30.6 Å². The Bertz CT molecular complexity index is 551. The van der Waals surface area contributed by atoms with Gasteiger partial charge in [-0.1, -0.05) is 49.4 Å². The fraction of sp³-hybridized carbons (Fsp3) is 0.444. The fourth-order valence-electron chi connectivity index (χ4n) is 3.15. The molecule has 20 heavy (non-hydrogen) atoms. The molecule has 1 saturated heterocycles. The number of likely N-dealkylation sites (tertiary alicyclic amines) is 1. The van der Waals surface area contributed by atoms with E-state index in [1.807, 2.05) is 0 Å². The maximum atomic E-state index is 3.75. The molecule has 0 saturated carbocycles. The molecule has 0 radical (unpaired) electrons. The summed E-state index contributed by atoms with van der Waals surface area (Å²) in [6.07, 6.45) is 2.55. The third-order valence-electron chi connectivity index (χ3n) is 4.50. The molecule has 2 heteroatoms. The Hall–Kier alpha value is -1.38. The van der Waals surface area contributed by atoms with Gasteiger partial charge in [-0.05, 0) is 48.8 Å². The lowest BCUT2D eigenvalue weighted by Crippen LogP contribution is -2.42. The van der Waals surface area contributed by atoms with Crippen LogP contribution in [0.25, 0.3) is 10.8 Å². The van der Waals surface area contributed by atoms with Crippen molar-refractivity contribution in [1.82, 2.24) is 10.2 Å². The zero-order valence-electron chi connectivity index (χ0n) is 12.3. The van der Waals surface area contributed by atoms with Crippen LogP contribution in [0.4, 0.5) is 0 Å². The monoisotopic (exact) mass is 268 g/mol. The van der Waals surface area contributed by atoms with Crippen LogP contribution in [0, 0.1) is 0 Å². The van der Waals surface area contributed by atoms with Gasteiger partial charge in [-0.2, -0.15) is 0 Å². The van der Waals surface area contributed by atoms with E-state index in [1.54, 1.807) is 0 Å². The highest BCUT2D eigenvalue weighted by Gasteiger charge is 2.17. The van der Waals surface area contributed by atoms with E-state index in [-0.39, 0.29) is 0 Å². The van der Waals surface area contributed by atoms with Crippen molar-refractivity contribution in [2.24, 2.45) is 0 Å². The van der Waals surface area contributed by atoms with Crippen molar-refractivity contribution in [2.45, 2.75) is 32.4 Å². The van der Waals surface area contributed by atoms with Gasteiger partial charge in [0.15, 0.2) is 0 Å². The summed E-state index contributed by atoms with van der Waals surface area (Å²) >= 11 is 0. The third-order valence-corrected chi connectivity index (χ3v) is 4.50. The highest BCUT2D eigenvalue weighted by atomic mass is 15.1. The maximum Gasteiger partial charge on any atom is 0.0214 e. The first-order valence-corrected chi connectivity index (χ1v) is 7.79. The predicted molar refractivity (Wildman–Crippen MR) is 85.9 cm³/mol. The molecule has 1 heterocycles. The molecule has 1 fully saturated rings. The second-order valence-electron chi connectivity index (χ2n) is 5.73. The molecular formula is C18H24N2. The lowest BCUT2D eigenvalue weighted by Gasteiger charge is -2.31. The first-order valence-electron chi connectivity index (χ1n) is 7.79. The van der Waals surface area contributed by atoms with Gasteiger partial charge < -0.3 is 10.2 Å². The number of hydrogen-bond acceptors (Lipinski definition) is 2. The molecule has 3 rings (SSSR count). The molecule has 2 aromatic carbocycles. The Morgan fingerprint density at radius 1 is 1.05 bits per heavy atom. The average Bonchev–Trinajstić information content (AvgIpc) is 2.53. The molecule has 0 amide bonds. The van der Waals surface area contributed by atoms with Crippen LogP contribution >= 0.6 is 0 Å². The summed E-state index contributed by atoms with van der Waals surface area (Å²) in [7, 11) is 0. The minimum atomic E-state index is 0.678. The Morgan fingerprint density at radius 3 is 2.60 bits per heavy atom. The summed E-state index contributed by atoms with van der Waals surface area (Å²) in [5.41, 5.74) is 1.42. The number of benzene rings is 2. The zero-order valence-corrected chi connectivity index (χ0v) is 12.3. The molecule has 2 aromatic rings. The van der Waals surface area contributed by atoms with Crippen molar-refractivity contribution >= 4 is 10.8 Å². The number of hydrogen-bond donors (Lipinski definition) is 1. The van der Waals surface area contributed by atoms with Gasteiger partial charge in [-0.25, -0.2) is 0 Å². The van der Waals surface area contributed by atoms with Gasteiger partial charge in [0, 0.05) is 12.6 Å². The normalized spacial score (nSPS) is 17.6. The smallest absolute Gasteiger partial charge is 0.0214 e. The van der Waals surface area contributed by atoms with Gasteiger partial charge >= 0.3 is 0 Å². The highest BCUT2D eigenvalue weighted by molar-refractivity contribution is 5.85. The van der Waals surface area contributed by atoms with E-state index in [2.05, 4.69) is 59.6 Å². The molecule has 0 atom stereocenters. The Kier molecular flexibility index (Phi) is 4.34. The Balaban J connectivity index is 1.63. The van der Waals surface area contributed by atoms with E-state index in [9.17, 15) is 0 Å². The Labute approximate surface area is 121 Å². The van der Waals surface area contributed by atoms with Crippen molar-refractivity contribution in [3.05, 3.63) is 48.0 Å². The third kappa shape index (κ3) is 3.02. The van der Waals surface area contributed by atoms with Gasteiger partial charge in [0.2, 0.25) is 0 Å². The Morgan fingerprint density at radius 2 is 1.80 bits per heavy atom. The van der Waals surface area contributed by atoms with E-state index in [4.69, 9.17) is 0 Å². The van der Waals surface area contributed by atoms with Gasteiger partial charge in [-0.3, -0.25) is 0 Å². The lowest BCUT2D eigenvalue weighted by atomic mass is 10.0. The summed E-state index contributed by atoms with van der Waals surface area (Å²) in [6.45, 7) is 6.91. The molecular weight excluding hydrogens is 244 g/mol. The number of rotatable bonds is 4.